The quantitative estimate of drug-likeness (QED) is 0.891. The van der Waals surface area contributed by atoms with Crippen LogP contribution in [0.25, 0.3) is 0 Å². The second-order valence-electron chi connectivity index (χ2n) is 6.67. The molecule has 4 rings (SSSR count). The summed E-state index contributed by atoms with van der Waals surface area (Å²) in [6.07, 6.45) is 6.98. The summed E-state index contributed by atoms with van der Waals surface area (Å²) in [5.74, 6) is 0.729. The van der Waals surface area contributed by atoms with Crippen LogP contribution in [0.4, 0.5) is 0 Å². The zero-order chi connectivity index (χ0) is 12.7. The van der Waals surface area contributed by atoms with E-state index in [1.807, 2.05) is 0 Å². The molecule has 0 radical (unpaired) electrons. The molecule has 2 heteroatoms. The van der Waals surface area contributed by atoms with E-state index < -0.39 is 0 Å². The number of rotatable bonds is 4. The molecule has 1 aromatic carbocycles. The summed E-state index contributed by atoms with van der Waals surface area (Å²) < 4.78 is 0. The minimum atomic E-state index is 0.715. The molecule has 1 N–H and O–H groups in total. The smallest absolute Gasteiger partial charge is 0.0204 e. The lowest BCUT2D eigenvalue weighted by Crippen LogP contribution is -2.49. The molecular weight excluding hydrogens is 232 g/mol. The monoisotopic (exact) mass is 256 g/mol. The number of piperidine rings is 1. The van der Waals surface area contributed by atoms with Gasteiger partial charge in [0.25, 0.3) is 0 Å². The molecule has 0 spiro atoms. The fourth-order valence-corrected chi connectivity index (χ4v) is 3.54. The van der Waals surface area contributed by atoms with E-state index in [1.54, 1.807) is 0 Å². The van der Waals surface area contributed by atoms with Gasteiger partial charge < -0.3 is 5.32 Å². The molecule has 2 unspecified atom stereocenters. The first-order chi connectivity index (χ1) is 9.38. The van der Waals surface area contributed by atoms with Crippen LogP contribution >= 0.6 is 0 Å². The summed E-state index contributed by atoms with van der Waals surface area (Å²) in [7, 11) is 0. The molecule has 0 aromatic heterocycles. The standard InChI is InChI=1S/C17H24N2/c1-2-4-13(5-3-1)14-10-16(18-15-6-7-15)12-19(11-14)17-8-9-17/h1-5,14-18H,6-12H2. The summed E-state index contributed by atoms with van der Waals surface area (Å²) in [6.45, 7) is 2.56. The highest BCUT2D eigenvalue weighted by Crippen LogP contribution is 2.35. The Bertz CT molecular complexity index is 422. The van der Waals surface area contributed by atoms with Crippen molar-refractivity contribution in [3.8, 4) is 0 Å². The Hall–Kier alpha value is -0.860. The maximum Gasteiger partial charge on any atom is 0.0204 e. The molecule has 2 saturated carbocycles. The van der Waals surface area contributed by atoms with Crippen molar-refractivity contribution < 1.29 is 0 Å². The van der Waals surface area contributed by atoms with Crippen molar-refractivity contribution in [3.05, 3.63) is 35.9 Å². The van der Waals surface area contributed by atoms with Gasteiger partial charge in [-0.3, -0.25) is 4.90 Å². The van der Waals surface area contributed by atoms with Crippen LogP contribution in [0, 0.1) is 0 Å². The maximum atomic E-state index is 3.86. The summed E-state index contributed by atoms with van der Waals surface area (Å²) in [6, 6.07) is 13.6. The molecule has 2 aliphatic carbocycles. The fraction of sp³-hybridized carbons (Fsp3) is 0.647. The number of hydrogen-bond donors (Lipinski definition) is 1. The SMILES string of the molecule is c1ccc(C2CC(NC3CC3)CN(C3CC3)C2)cc1. The van der Waals surface area contributed by atoms with Crippen molar-refractivity contribution in [2.24, 2.45) is 0 Å². The third-order valence-corrected chi connectivity index (χ3v) is 4.86. The molecule has 1 heterocycles. The Balaban J connectivity index is 1.49. The Kier molecular flexibility index (Phi) is 3.08. The molecule has 0 bridgehead atoms. The molecule has 3 fully saturated rings. The topological polar surface area (TPSA) is 15.3 Å². The second kappa shape index (κ2) is 4.92. The van der Waals surface area contributed by atoms with E-state index in [0.717, 1.165) is 18.0 Å². The highest BCUT2D eigenvalue weighted by atomic mass is 15.2. The van der Waals surface area contributed by atoms with Crippen molar-refractivity contribution in [3.63, 3.8) is 0 Å². The first kappa shape index (κ1) is 11.9. The third-order valence-electron chi connectivity index (χ3n) is 4.86. The lowest BCUT2D eigenvalue weighted by Gasteiger charge is -2.39. The van der Waals surface area contributed by atoms with Crippen molar-refractivity contribution in [1.82, 2.24) is 10.2 Å². The second-order valence-corrected chi connectivity index (χ2v) is 6.67. The molecule has 19 heavy (non-hydrogen) atoms. The van der Waals surface area contributed by atoms with E-state index in [1.165, 1.54) is 50.8 Å². The Morgan fingerprint density at radius 3 is 2.37 bits per heavy atom. The van der Waals surface area contributed by atoms with E-state index in [-0.39, 0.29) is 0 Å². The summed E-state index contributed by atoms with van der Waals surface area (Å²) in [5, 5.41) is 3.86. The number of likely N-dealkylation sites (tertiary alicyclic amines) is 1. The van der Waals surface area contributed by atoms with E-state index in [2.05, 4.69) is 40.5 Å². The number of hydrogen-bond acceptors (Lipinski definition) is 2. The molecule has 1 saturated heterocycles. The maximum absolute atomic E-state index is 3.86. The molecule has 1 aliphatic heterocycles. The normalized spacial score (nSPS) is 32.4. The molecule has 1 aromatic rings. The van der Waals surface area contributed by atoms with Crippen molar-refractivity contribution in [2.75, 3.05) is 13.1 Å². The van der Waals surface area contributed by atoms with Crippen LogP contribution in [0.3, 0.4) is 0 Å². The molecular formula is C17H24N2. The summed E-state index contributed by atoms with van der Waals surface area (Å²) in [5.41, 5.74) is 1.54. The van der Waals surface area contributed by atoms with Crippen molar-refractivity contribution in [2.45, 2.75) is 56.1 Å². The van der Waals surface area contributed by atoms with Crippen LogP contribution in [0.1, 0.15) is 43.6 Å². The Morgan fingerprint density at radius 1 is 0.895 bits per heavy atom. The molecule has 3 aliphatic rings. The lowest BCUT2D eigenvalue weighted by molar-refractivity contribution is 0.162. The Morgan fingerprint density at radius 2 is 1.68 bits per heavy atom. The fourth-order valence-electron chi connectivity index (χ4n) is 3.54. The number of benzene rings is 1. The number of nitrogens with one attached hydrogen (secondary N) is 1. The van der Waals surface area contributed by atoms with Gasteiger partial charge in [0.1, 0.15) is 0 Å². The zero-order valence-electron chi connectivity index (χ0n) is 11.6. The zero-order valence-corrected chi connectivity index (χ0v) is 11.6. The first-order valence-corrected chi connectivity index (χ1v) is 7.93. The average Bonchev–Trinajstić information content (AvgIpc) is 3.33. The van der Waals surface area contributed by atoms with Gasteiger partial charge in [0.05, 0.1) is 0 Å². The highest BCUT2D eigenvalue weighted by Gasteiger charge is 2.37. The van der Waals surface area contributed by atoms with Gasteiger partial charge in [0, 0.05) is 31.2 Å². The largest absolute Gasteiger partial charge is 0.310 e. The summed E-state index contributed by atoms with van der Waals surface area (Å²) >= 11 is 0. The van der Waals surface area contributed by atoms with Crippen LogP contribution in [0.2, 0.25) is 0 Å². The summed E-state index contributed by atoms with van der Waals surface area (Å²) in [4.78, 5) is 2.75. The molecule has 0 amide bonds. The van der Waals surface area contributed by atoms with E-state index in [0.29, 0.717) is 6.04 Å². The van der Waals surface area contributed by atoms with Crippen LogP contribution in [-0.4, -0.2) is 36.1 Å². The van der Waals surface area contributed by atoms with Gasteiger partial charge in [-0.2, -0.15) is 0 Å². The van der Waals surface area contributed by atoms with Crippen molar-refractivity contribution >= 4 is 0 Å². The van der Waals surface area contributed by atoms with Crippen LogP contribution < -0.4 is 5.32 Å². The van der Waals surface area contributed by atoms with E-state index >= 15 is 0 Å². The van der Waals surface area contributed by atoms with Gasteiger partial charge in [-0.05, 0) is 43.6 Å². The van der Waals surface area contributed by atoms with Crippen LogP contribution in [-0.2, 0) is 0 Å². The molecule has 102 valence electrons. The molecule has 2 nitrogen and oxygen atoms in total. The van der Waals surface area contributed by atoms with Crippen molar-refractivity contribution in [1.29, 1.82) is 0 Å². The highest BCUT2D eigenvalue weighted by molar-refractivity contribution is 5.21. The minimum absolute atomic E-state index is 0.715. The first-order valence-electron chi connectivity index (χ1n) is 7.93. The van der Waals surface area contributed by atoms with Crippen LogP contribution in [0.5, 0.6) is 0 Å². The van der Waals surface area contributed by atoms with Gasteiger partial charge >= 0.3 is 0 Å². The lowest BCUT2D eigenvalue weighted by atomic mass is 9.88. The van der Waals surface area contributed by atoms with Gasteiger partial charge in [0.2, 0.25) is 0 Å². The minimum Gasteiger partial charge on any atom is -0.310 e. The van der Waals surface area contributed by atoms with Gasteiger partial charge in [-0.15, -0.1) is 0 Å². The van der Waals surface area contributed by atoms with Gasteiger partial charge in [-0.25, -0.2) is 0 Å². The van der Waals surface area contributed by atoms with Gasteiger partial charge in [-0.1, -0.05) is 30.3 Å². The number of nitrogens with zero attached hydrogens (tertiary/aromatic N) is 1. The van der Waals surface area contributed by atoms with E-state index in [4.69, 9.17) is 0 Å². The molecule has 2 atom stereocenters. The van der Waals surface area contributed by atoms with Crippen LogP contribution in [0.15, 0.2) is 30.3 Å². The predicted molar refractivity (Wildman–Crippen MR) is 78.3 cm³/mol. The predicted octanol–water partition coefficient (Wildman–Crippen LogP) is 2.76. The van der Waals surface area contributed by atoms with Gasteiger partial charge in [0.15, 0.2) is 0 Å². The van der Waals surface area contributed by atoms with E-state index in [9.17, 15) is 0 Å². The third kappa shape index (κ3) is 2.85. The Labute approximate surface area is 116 Å². The average molecular weight is 256 g/mol.